The molecule has 5 heteroatoms. The summed E-state index contributed by atoms with van der Waals surface area (Å²) in [6.07, 6.45) is 7.79. The predicted molar refractivity (Wildman–Crippen MR) is 82.3 cm³/mol. The molecule has 1 aromatic rings. The van der Waals surface area contributed by atoms with Crippen molar-refractivity contribution < 1.29 is 5.11 Å². The molecule has 0 aromatic carbocycles. The third kappa shape index (κ3) is 2.84. The number of anilines is 2. The molecule has 3 aliphatic rings. The number of fused-ring (bicyclic) bond motifs is 2. The maximum atomic E-state index is 10.3. The quantitative estimate of drug-likeness (QED) is 0.886. The van der Waals surface area contributed by atoms with Gasteiger partial charge in [-0.2, -0.15) is 0 Å². The van der Waals surface area contributed by atoms with E-state index in [9.17, 15) is 5.11 Å². The molecule has 0 radical (unpaired) electrons. The van der Waals surface area contributed by atoms with Gasteiger partial charge in [0, 0.05) is 37.5 Å². The average molecular weight is 288 g/mol. The Morgan fingerprint density at radius 1 is 1.14 bits per heavy atom. The smallest absolute Gasteiger partial charge is 0.134 e. The molecule has 2 unspecified atom stereocenters. The number of aliphatic hydroxyl groups excluding tert-OH is 1. The lowest BCUT2D eigenvalue weighted by Gasteiger charge is -2.45. The molecule has 1 aromatic heterocycles. The fourth-order valence-corrected chi connectivity index (χ4v) is 3.78. The molecule has 2 atom stereocenters. The van der Waals surface area contributed by atoms with E-state index >= 15 is 0 Å². The van der Waals surface area contributed by atoms with Crippen LogP contribution in [0.4, 0.5) is 11.6 Å². The minimum atomic E-state index is -0.107. The number of rotatable bonds is 4. The van der Waals surface area contributed by atoms with E-state index in [1.54, 1.807) is 6.33 Å². The van der Waals surface area contributed by atoms with Crippen LogP contribution < -0.4 is 10.2 Å². The largest absolute Gasteiger partial charge is 0.392 e. The molecule has 2 N–H and O–H groups in total. The van der Waals surface area contributed by atoms with Crippen LogP contribution in [0.5, 0.6) is 0 Å². The van der Waals surface area contributed by atoms with Crippen molar-refractivity contribution in [1.29, 1.82) is 0 Å². The van der Waals surface area contributed by atoms with E-state index in [0.717, 1.165) is 50.0 Å². The molecule has 114 valence electrons. The molecule has 0 spiro atoms. The fraction of sp³-hybridized carbons (Fsp3) is 0.750. The van der Waals surface area contributed by atoms with Crippen molar-refractivity contribution in [3.8, 4) is 0 Å². The number of aliphatic hydroxyl groups is 1. The van der Waals surface area contributed by atoms with Crippen LogP contribution in [0, 0.1) is 17.8 Å². The summed E-state index contributed by atoms with van der Waals surface area (Å²) in [7, 11) is 0. The van der Waals surface area contributed by atoms with E-state index in [1.807, 2.05) is 0 Å². The summed E-state index contributed by atoms with van der Waals surface area (Å²) in [5.41, 5.74) is 0. The third-order valence-electron chi connectivity index (χ3n) is 5.27. The summed E-state index contributed by atoms with van der Waals surface area (Å²) in [6.45, 7) is 2.88. The average Bonchev–Trinajstić information content (AvgIpc) is 3.29. The van der Waals surface area contributed by atoms with Crippen molar-refractivity contribution in [2.45, 2.75) is 38.2 Å². The predicted octanol–water partition coefficient (Wildman–Crippen LogP) is 1.90. The van der Waals surface area contributed by atoms with Crippen LogP contribution in [0.15, 0.2) is 12.4 Å². The van der Waals surface area contributed by atoms with Crippen LogP contribution in [0.1, 0.15) is 32.1 Å². The molecule has 1 saturated heterocycles. The van der Waals surface area contributed by atoms with Gasteiger partial charge < -0.3 is 15.3 Å². The van der Waals surface area contributed by atoms with Crippen molar-refractivity contribution in [2.24, 2.45) is 17.8 Å². The van der Waals surface area contributed by atoms with Crippen LogP contribution >= 0.6 is 0 Å². The summed E-state index contributed by atoms with van der Waals surface area (Å²) < 4.78 is 0. The van der Waals surface area contributed by atoms with E-state index in [4.69, 9.17) is 0 Å². The maximum Gasteiger partial charge on any atom is 0.134 e. The van der Waals surface area contributed by atoms with Crippen molar-refractivity contribution in [3.05, 3.63) is 12.4 Å². The van der Waals surface area contributed by atoms with Crippen LogP contribution in [0.25, 0.3) is 0 Å². The van der Waals surface area contributed by atoms with Gasteiger partial charge in [-0.05, 0) is 31.6 Å². The minimum Gasteiger partial charge on any atom is -0.392 e. The highest BCUT2D eigenvalue weighted by Crippen LogP contribution is 2.36. The Morgan fingerprint density at radius 2 is 1.90 bits per heavy atom. The van der Waals surface area contributed by atoms with E-state index in [2.05, 4.69) is 26.3 Å². The minimum absolute atomic E-state index is 0.107. The summed E-state index contributed by atoms with van der Waals surface area (Å²) in [5.74, 6) is 3.61. The standard InChI is InChI=1S/C16H24N4O/c21-16-12-2-1-3-13(16)9-20(8-12)15-6-14(18-10-19-15)17-7-11-4-5-11/h6,10-13,16,21H,1-5,7-9H2,(H,17,18,19). The lowest BCUT2D eigenvalue weighted by Crippen LogP contribution is -2.51. The van der Waals surface area contributed by atoms with E-state index in [-0.39, 0.29) is 6.10 Å². The monoisotopic (exact) mass is 288 g/mol. The molecule has 2 aliphatic carbocycles. The third-order valence-corrected chi connectivity index (χ3v) is 5.27. The molecule has 21 heavy (non-hydrogen) atoms. The first-order valence-corrected chi connectivity index (χ1v) is 8.28. The topological polar surface area (TPSA) is 61.3 Å². The number of aromatic nitrogens is 2. The SMILES string of the molecule is OC1C2CCCC1CN(c1cc(NCC3CC3)ncn1)C2. The van der Waals surface area contributed by atoms with Crippen molar-refractivity contribution in [3.63, 3.8) is 0 Å². The zero-order chi connectivity index (χ0) is 14.2. The first-order chi connectivity index (χ1) is 10.3. The lowest BCUT2D eigenvalue weighted by molar-refractivity contribution is 0.00580. The highest BCUT2D eigenvalue weighted by atomic mass is 16.3. The van der Waals surface area contributed by atoms with E-state index in [0.29, 0.717) is 11.8 Å². The molecule has 0 amide bonds. The Kier molecular flexibility index (Phi) is 3.45. The molecule has 2 bridgehead atoms. The molecule has 2 saturated carbocycles. The van der Waals surface area contributed by atoms with Gasteiger partial charge in [0.25, 0.3) is 0 Å². The number of nitrogens with zero attached hydrogens (tertiary/aromatic N) is 3. The van der Waals surface area contributed by atoms with Crippen LogP contribution in [0.3, 0.4) is 0 Å². The Bertz CT molecular complexity index is 491. The lowest BCUT2D eigenvalue weighted by atomic mass is 9.75. The number of hydrogen-bond acceptors (Lipinski definition) is 5. The van der Waals surface area contributed by atoms with Crippen LogP contribution in [-0.4, -0.2) is 40.8 Å². The van der Waals surface area contributed by atoms with Crippen molar-refractivity contribution in [2.75, 3.05) is 29.9 Å². The van der Waals surface area contributed by atoms with E-state index in [1.165, 1.54) is 19.3 Å². The maximum absolute atomic E-state index is 10.3. The Hall–Kier alpha value is -1.36. The second-order valence-electron chi connectivity index (χ2n) is 6.93. The summed E-state index contributed by atoms with van der Waals surface area (Å²) >= 11 is 0. The van der Waals surface area contributed by atoms with Gasteiger partial charge in [-0.15, -0.1) is 0 Å². The van der Waals surface area contributed by atoms with Gasteiger partial charge in [0.2, 0.25) is 0 Å². The zero-order valence-corrected chi connectivity index (χ0v) is 12.4. The van der Waals surface area contributed by atoms with Gasteiger partial charge in [-0.3, -0.25) is 0 Å². The number of hydrogen-bond donors (Lipinski definition) is 2. The number of piperidine rings is 1. The number of nitrogens with one attached hydrogen (secondary N) is 1. The van der Waals surface area contributed by atoms with E-state index < -0.39 is 0 Å². The highest BCUT2D eigenvalue weighted by molar-refractivity contribution is 5.49. The first-order valence-electron chi connectivity index (χ1n) is 8.28. The molecule has 4 rings (SSSR count). The Labute approximate surface area is 125 Å². The summed E-state index contributed by atoms with van der Waals surface area (Å²) in [4.78, 5) is 11.1. The van der Waals surface area contributed by atoms with Crippen LogP contribution in [0.2, 0.25) is 0 Å². The summed E-state index contributed by atoms with van der Waals surface area (Å²) in [5, 5.41) is 13.7. The molecule has 3 fully saturated rings. The second kappa shape index (κ2) is 5.44. The van der Waals surface area contributed by atoms with Gasteiger partial charge in [-0.25, -0.2) is 9.97 Å². The molecular weight excluding hydrogens is 264 g/mol. The van der Waals surface area contributed by atoms with Crippen molar-refractivity contribution >= 4 is 11.6 Å². The molecule has 2 heterocycles. The second-order valence-corrected chi connectivity index (χ2v) is 6.93. The molecule has 5 nitrogen and oxygen atoms in total. The molecule has 1 aliphatic heterocycles. The Morgan fingerprint density at radius 3 is 2.62 bits per heavy atom. The van der Waals surface area contributed by atoms with Gasteiger partial charge in [0.15, 0.2) is 0 Å². The fourth-order valence-electron chi connectivity index (χ4n) is 3.78. The van der Waals surface area contributed by atoms with Gasteiger partial charge in [-0.1, -0.05) is 6.42 Å². The van der Waals surface area contributed by atoms with Crippen LogP contribution in [-0.2, 0) is 0 Å². The normalized spacial score (nSPS) is 32.0. The van der Waals surface area contributed by atoms with Gasteiger partial charge in [0.05, 0.1) is 6.10 Å². The van der Waals surface area contributed by atoms with Gasteiger partial charge in [0.1, 0.15) is 18.0 Å². The first kappa shape index (κ1) is 13.3. The molecular formula is C16H24N4O. The summed E-state index contributed by atoms with van der Waals surface area (Å²) in [6, 6.07) is 2.07. The van der Waals surface area contributed by atoms with Crippen molar-refractivity contribution in [1.82, 2.24) is 9.97 Å². The Balaban J connectivity index is 1.46. The van der Waals surface area contributed by atoms with Gasteiger partial charge >= 0.3 is 0 Å². The zero-order valence-electron chi connectivity index (χ0n) is 12.4. The highest BCUT2D eigenvalue weighted by Gasteiger charge is 2.38.